The SMILES string of the molecule is O=C(/C=C/c1ccccc1Cl)Nc1ccc2c(c1)N(C(=O)c1cccs1)CC2. The largest absolute Gasteiger partial charge is 0.322 e. The molecule has 6 heteroatoms. The van der Waals surface area contributed by atoms with Crippen LogP contribution in [0.3, 0.4) is 0 Å². The van der Waals surface area contributed by atoms with Crippen LogP contribution in [0.15, 0.2) is 66.1 Å². The fourth-order valence-corrected chi connectivity index (χ4v) is 4.03. The van der Waals surface area contributed by atoms with Gasteiger partial charge in [-0.3, -0.25) is 9.59 Å². The van der Waals surface area contributed by atoms with Crippen molar-refractivity contribution in [3.05, 3.63) is 87.1 Å². The molecule has 0 saturated carbocycles. The lowest BCUT2D eigenvalue weighted by molar-refractivity contribution is -0.111. The number of anilines is 2. The first-order valence-electron chi connectivity index (χ1n) is 8.84. The minimum absolute atomic E-state index is 0.00385. The van der Waals surface area contributed by atoms with Gasteiger partial charge in [0, 0.05) is 29.0 Å². The highest BCUT2D eigenvalue weighted by Gasteiger charge is 2.26. The Hall–Kier alpha value is -2.89. The van der Waals surface area contributed by atoms with Gasteiger partial charge in [-0.2, -0.15) is 0 Å². The third kappa shape index (κ3) is 3.86. The average molecular weight is 409 g/mol. The van der Waals surface area contributed by atoms with Crippen LogP contribution in [0.5, 0.6) is 0 Å². The van der Waals surface area contributed by atoms with Crippen molar-refractivity contribution in [2.45, 2.75) is 6.42 Å². The van der Waals surface area contributed by atoms with Crippen LogP contribution in [-0.2, 0) is 11.2 Å². The van der Waals surface area contributed by atoms with Crippen LogP contribution in [0.2, 0.25) is 5.02 Å². The van der Waals surface area contributed by atoms with Gasteiger partial charge < -0.3 is 10.2 Å². The van der Waals surface area contributed by atoms with Crippen molar-refractivity contribution < 1.29 is 9.59 Å². The number of nitrogens with zero attached hydrogens (tertiary/aromatic N) is 1. The van der Waals surface area contributed by atoms with Crippen molar-refractivity contribution >= 4 is 52.2 Å². The number of carbonyl (C=O) groups is 2. The highest BCUT2D eigenvalue weighted by atomic mass is 35.5. The number of carbonyl (C=O) groups excluding carboxylic acids is 2. The molecule has 3 aromatic rings. The van der Waals surface area contributed by atoms with Crippen molar-refractivity contribution in [1.82, 2.24) is 0 Å². The Balaban J connectivity index is 1.50. The van der Waals surface area contributed by atoms with Gasteiger partial charge in [-0.15, -0.1) is 11.3 Å². The quantitative estimate of drug-likeness (QED) is 0.599. The molecule has 1 aliphatic rings. The first-order valence-corrected chi connectivity index (χ1v) is 10.1. The van der Waals surface area contributed by atoms with Crippen LogP contribution in [-0.4, -0.2) is 18.4 Å². The zero-order chi connectivity index (χ0) is 19.5. The van der Waals surface area contributed by atoms with Gasteiger partial charge in [0.05, 0.1) is 4.88 Å². The van der Waals surface area contributed by atoms with Crippen molar-refractivity contribution in [3.63, 3.8) is 0 Å². The van der Waals surface area contributed by atoms with Crippen molar-refractivity contribution in [2.75, 3.05) is 16.8 Å². The first-order chi connectivity index (χ1) is 13.6. The number of benzene rings is 2. The van der Waals surface area contributed by atoms with Gasteiger partial charge >= 0.3 is 0 Å². The molecule has 0 fully saturated rings. The van der Waals surface area contributed by atoms with E-state index < -0.39 is 0 Å². The topological polar surface area (TPSA) is 49.4 Å². The third-order valence-electron chi connectivity index (χ3n) is 4.54. The van der Waals surface area contributed by atoms with Gasteiger partial charge in [-0.05, 0) is 53.3 Å². The van der Waals surface area contributed by atoms with Gasteiger partial charge in [0.2, 0.25) is 5.91 Å². The molecule has 0 atom stereocenters. The smallest absolute Gasteiger partial charge is 0.268 e. The summed E-state index contributed by atoms with van der Waals surface area (Å²) in [6.07, 6.45) is 3.94. The normalized spacial score (nSPS) is 13.0. The van der Waals surface area contributed by atoms with E-state index in [1.807, 2.05) is 53.9 Å². The predicted octanol–water partition coefficient (Wildman–Crippen LogP) is 5.26. The predicted molar refractivity (Wildman–Crippen MR) is 115 cm³/mol. The monoisotopic (exact) mass is 408 g/mol. The summed E-state index contributed by atoms with van der Waals surface area (Å²) in [5.41, 5.74) is 3.39. The molecule has 1 N–H and O–H groups in total. The summed E-state index contributed by atoms with van der Waals surface area (Å²) in [6.45, 7) is 0.649. The molecule has 4 rings (SSSR count). The van der Waals surface area contributed by atoms with Gasteiger partial charge in [0.15, 0.2) is 0 Å². The molecule has 140 valence electrons. The van der Waals surface area contributed by atoms with E-state index >= 15 is 0 Å². The summed E-state index contributed by atoms with van der Waals surface area (Å²) in [6, 6.07) is 16.7. The number of amides is 2. The van der Waals surface area contributed by atoms with Crippen molar-refractivity contribution in [1.29, 1.82) is 0 Å². The minimum atomic E-state index is -0.256. The Morgan fingerprint density at radius 1 is 1.11 bits per heavy atom. The minimum Gasteiger partial charge on any atom is -0.322 e. The first kappa shape index (κ1) is 18.5. The lowest BCUT2D eigenvalue weighted by Crippen LogP contribution is -2.28. The Kier molecular flexibility index (Phi) is 5.28. The second-order valence-corrected chi connectivity index (χ2v) is 7.73. The molecule has 0 spiro atoms. The number of halogens is 1. The summed E-state index contributed by atoms with van der Waals surface area (Å²) >= 11 is 7.53. The molecule has 0 unspecified atom stereocenters. The zero-order valence-corrected chi connectivity index (χ0v) is 16.5. The number of rotatable bonds is 4. The standard InChI is InChI=1S/C22H17ClN2O2S/c23-18-5-2-1-4-15(18)8-10-21(26)24-17-9-7-16-11-12-25(19(16)14-17)22(27)20-6-3-13-28-20/h1-10,13-14H,11-12H2,(H,24,26)/b10-8+. The Morgan fingerprint density at radius 3 is 2.75 bits per heavy atom. The molecular formula is C22H17ClN2O2S. The number of hydrogen-bond donors (Lipinski definition) is 1. The molecular weight excluding hydrogens is 392 g/mol. The van der Waals surface area contributed by atoms with E-state index in [0.717, 1.165) is 23.2 Å². The van der Waals surface area contributed by atoms with Gasteiger partial charge in [-0.25, -0.2) is 0 Å². The van der Waals surface area contributed by atoms with Gasteiger partial charge in [0.1, 0.15) is 0 Å². The van der Waals surface area contributed by atoms with Crippen LogP contribution in [0.4, 0.5) is 11.4 Å². The molecule has 0 aliphatic carbocycles. The number of fused-ring (bicyclic) bond motifs is 1. The van der Waals surface area contributed by atoms with Crippen LogP contribution < -0.4 is 10.2 Å². The van der Waals surface area contributed by atoms with E-state index in [2.05, 4.69) is 5.32 Å². The number of nitrogens with one attached hydrogen (secondary N) is 1. The Morgan fingerprint density at radius 2 is 1.96 bits per heavy atom. The van der Waals surface area contributed by atoms with Crippen LogP contribution in [0.25, 0.3) is 6.08 Å². The third-order valence-corrected chi connectivity index (χ3v) is 5.75. The Bertz CT molecular complexity index is 1060. The molecule has 0 saturated heterocycles. The molecule has 0 radical (unpaired) electrons. The zero-order valence-electron chi connectivity index (χ0n) is 14.9. The molecule has 28 heavy (non-hydrogen) atoms. The van der Waals surface area contributed by atoms with Crippen molar-refractivity contribution in [2.24, 2.45) is 0 Å². The van der Waals surface area contributed by atoms with Crippen LogP contribution >= 0.6 is 22.9 Å². The highest BCUT2D eigenvalue weighted by Crippen LogP contribution is 2.32. The molecule has 1 aromatic heterocycles. The van der Waals surface area contributed by atoms with Gasteiger partial charge in [0.25, 0.3) is 5.91 Å². The van der Waals surface area contributed by atoms with E-state index in [1.165, 1.54) is 17.4 Å². The molecule has 1 aliphatic heterocycles. The van der Waals surface area contributed by atoms with E-state index in [9.17, 15) is 9.59 Å². The summed E-state index contributed by atoms with van der Waals surface area (Å²) in [4.78, 5) is 27.5. The summed E-state index contributed by atoms with van der Waals surface area (Å²) < 4.78 is 0. The van der Waals surface area contributed by atoms with Crippen LogP contribution in [0, 0.1) is 0 Å². The second-order valence-electron chi connectivity index (χ2n) is 6.37. The van der Waals surface area contributed by atoms with E-state index in [1.54, 1.807) is 17.0 Å². The van der Waals surface area contributed by atoms with Crippen molar-refractivity contribution in [3.8, 4) is 0 Å². The average Bonchev–Trinajstić information content (AvgIpc) is 3.37. The maximum atomic E-state index is 12.7. The van der Waals surface area contributed by atoms with E-state index in [0.29, 0.717) is 22.1 Å². The number of hydrogen-bond acceptors (Lipinski definition) is 3. The summed E-state index contributed by atoms with van der Waals surface area (Å²) in [5.74, 6) is -0.259. The number of thiophene rings is 1. The Labute approximate surface area is 172 Å². The van der Waals surface area contributed by atoms with E-state index in [-0.39, 0.29) is 11.8 Å². The maximum Gasteiger partial charge on any atom is 0.268 e. The summed E-state index contributed by atoms with van der Waals surface area (Å²) in [5, 5.41) is 5.34. The highest BCUT2D eigenvalue weighted by molar-refractivity contribution is 7.12. The van der Waals surface area contributed by atoms with E-state index in [4.69, 9.17) is 11.6 Å². The van der Waals surface area contributed by atoms with Crippen LogP contribution in [0.1, 0.15) is 20.8 Å². The fourth-order valence-electron chi connectivity index (χ4n) is 3.16. The maximum absolute atomic E-state index is 12.7. The molecule has 2 amide bonds. The molecule has 4 nitrogen and oxygen atoms in total. The molecule has 2 heterocycles. The lowest BCUT2D eigenvalue weighted by atomic mass is 10.1. The second kappa shape index (κ2) is 8.00. The molecule has 0 bridgehead atoms. The summed E-state index contributed by atoms with van der Waals surface area (Å²) in [7, 11) is 0. The lowest BCUT2D eigenvalue weighted by Gasteiger charge is -2.17. The molecule has 2 aromatic carbocycles. The van der Waals surface area contributed by atoms with Gasteiger partial charge in [-0.1, -0.05) is 41.9 Å². The fraction of sp³-hybridized carbons (Fsp3) is 0.0909.